The number of carbonyl (C=O) groups excluding carboxylic acids is 2. The first-order valence-electron chi connectivity index (χ1n) is 11.1. The van der Waals surface area contributed by atoms with Crippen LogP contribution in [0, 0.1) is 5.92 Å². The summed E-state index contributed by atoms with van der Waals surface area (Å²) in [7, 11) is 0. The van der Waals surface area contributed by atoms with Crippen LogP contribution >= 0.6 is 11.6 Å². The standard InChI is InChI=1S/C22H31ClN4O3/c1-14-18(13-24-26-14)22(29)27-10-8-17(9-11-27)30-20-7-6-15(12-19(20)23)21(28)25-16-4-2-3-5-16/h6-7,12,14,16-18,24,26H,2-5,8-11,13H2,1H3,(H,25,28). The van der Waals surface area contributed by atoms with E-state index in [2.05, 4.69) is 16.2 Å². The van der Waals surface area contributed by atoms with E-state index in [1.165, 1.54) is 12.8 Å². The molecule has 0 radical (unpaired) electrons. The highest BCUT2D eigenvalue weighted by Gasteiger charge is 2.34. The Bertz CT molecular complexity index is 776. The van der Waals surface area contributed by atoms with Gasteiger partial charge in [0.1, 0.15) is 11.9 Å². The predicted octanol–water partition coefficient (Wildman–Crippen LogP) is 2.49. The summed E-state index contributed by atoms with van der Waals surface area (Å²) < 4.78 is 6.10. The van der Waals surface area contributed by atoms with Crippen LogP contribution in [-0.4, -0.2) is 54.5 Å². The average molecular weight is 435 g/mol. The van der Waals surface area contributed by atoms with Crippen molar-refractivity contribution < 1.29 is 14.3 Å². The lowest BCUT2D eigenvalue weighted by molar-refractivity contribution is -0.137. The highest BCUT2D eigenvalue weighted by atomic mass is 35.5. The van der Waals surface area contributed by atoms with Crippen LogP contribution in [0.2, 0.25) is 5.02 Å². The molecule has 8 heteroatoms. The van der Waals surface area contributed by atoms with Gasteiger partial charge >= 0.3 is 0 Å². The number of ether oxygens (including phenoxy) is 1. The number of halogens is 1. The number of likely N-dealkylation sites (tertiary alicyclic amines) is 1. The molecule has 3 N–H and O–H groups in total. The molecule has 1 aromatic rings. The number of piperidine rings is 1. The zero-order valence-corrected chi connectivity index (χ0v) is 18.2. The Balaban J connectivity index is 1.28. The monoisotopic (exact) mass is 434 g/mol. The Hall–Kier alpha value is -1.83. The third-order valence-electron chi connectivity index (χ3n) is 6.50. The molecule has 0 spiro atoms. The van der Waals surface area contributed by atoms with E-state index < -0.39 is 0 Å². The first-order valence-corrected chi connectivity index (χ1v) is 11.4. The molecular formula is C22H31ClN4O3. The molecule has 7 nitrogen and oxygen atoms in total. The number of amides is 2. The first kappa shape index (κ1) is 21.4. The number of rotatable bonds is 5. The van der Waals surface area contributed by atoms with Crippen LogP contribution in [0.1, 0.15) is 55.8 Å². The topological polar surface area (TPSA) is 82.7 Å². The maximum absolute atomic E-state index is 12.7. The number of benzene rings is 1. The molecule has 3 aliphatic rings. The number of carbonyl (C=O) groups is 2. The molecule has 2 aliphatic heterocycles. The van der Waals surface area contributed by atoms with Crippen molar-refractivity contribution >= 4 is 23.4 Å². The number of hydrogen-bond acceptors (Lipinski definition) is 5. The summed E-state index contributed by atoms with van der Waals surface area (Å²) in [6, 6.07) is 5.65. The van der Waals surface area contributed by atoms with Crippen molar-refractivity contribution in [3.63, 3.8) is 0 Å². The zero-order valence-electron chi connectivity index (χ0n) is 17.5. The molecule has 1 aromatic carbocycles. The molecular weight excluding hydrogens is 404 g/mol. The van der Waals surface area contributed by atoms with Crippen LogP contribution in [0.3, 0.4) is 0 Å². The predicted molar refractivity (Wildman–Crippen MR) is 115 cm³/mol. The van der Waals surface area contributed by atoms with Crippen molar-refractivity contribution in [3.8, 4) is 5.75 Å². The quantitative estimate of drug-likeness (QED) is 0.663. The van der Waals surface area contributed by atoms with E-state index in [1.807, 2.05) is 11.8 Å². The van der Waals surface area contributed by atoms with Crippen LogP contribution < -0.4 is 20.9 Å². The Kier molecular flexibility index (Phi) is 6.80. The summed E-state index contributed by atoms with van der Waals surface area (Å²) >= 11 is 6.41. The first-order chi connectivity index (χ1) is 14.5. The van der Waals surface area contributed by atoms with Crippen LogP contribution in [-0.2, 0) is 4.79 Å². The molecule has 2 atom stereocenters. The van der Waals surface area contributed by atoms with E-state index in [-0.39, 0.29) is 35.9 Å². The average Bonchev–Trinajstić information content (AvgIpc) is 3.41. The molecule has 1 aliphatic carbocycles. The minimum atomic E-state index is -0.0766. The van der Waals surface area contributed by atoms with Crippen LogP contribution in [0.4, 0.5) is 0 Å². The number of hydrogen-bond donors (Lipinski definition) is 3. The Labute approximate surface area is 182 Å². The highest BCUT2D eigenvalue weighted by molar-refractivity contribution is 6.32. The summed E-state index contributed by atoms with van der Waals surface area (Å²) in [4.78, 5) is 27.1. The summed E-state index contributed by atoms with van der Waals surface area (Å²) in [5.41, 5.74) is 6.72. The van der Waals surface area contributed by atoms with Gasteiger partial charge in [-0.3, -0.25) is 20.4 Å². The fourth-order valence-corrected chi connectivity index (χ4v) is 4.82. The van der Waals surface area contributed by atoms with Gasteiger partial charge in [0.25, 0.3) is 5.91 Å². The molecule has 30 heavy (non-hydrogen) atoms. The number of nitrogens with one attached hydrogen (secondary N) is 3. The van der Waals surface area contributed by atoms with E-state index in [0.717, 1.165) is 25.7 Å². The third kappa shape index (κ3) is 4.90. The summed E-state index contributed by atoms with van der Waals surface area (Å²) in [5.74, 6) is 0.706. The lowest BCUT2D eigenvalue weighted by Crippen LogP contribution is -2.46. The van der Waals surface area contributed by atoms with E-state index in [1.54, 1.807) is 18.2 Å². The van der Waals surface area contributed by atoms with Gasteiger partial charge in [0.15, 0.2) is 0 Å². The summed E-state index contributed by atoms with van der Waals surface area (Å²) in [6.45, 7) is 4.07. The summed E-state index contributed by atoms with van der Waals surface area (Å²) in [5, 5.41) is 3.53. The molecule has 0 bridgehead atoms. The van der Waals surface area contributed by atoms with Gasteiger partial charge in [-0.1, -0.05) is 24.4 Å². The molecule has 164 valence electrons. The second kappa shape index (κ2) is 9.54. The fraction of sp³-hybridized carbons (Fsp3) is 0.636. The van der Waals surface area contributed by atoms with Gasteiger partial charge in [0.2, 0.25) is 5.91 Å². The van der Waals surface area contributed by atoms with Crippen molar-refractivity contribution in [3.05, 3.63) is 28.8 Å². The van der Waals surface area contributed by atoms with Crippen molar-refractivity contribution in [1.29, 1.82) is 0 Å². The summed E-state index contributed by atoms with van der Waals surface area (Å²) in [6.07, 6.45) is 6.01. The maximum atomic E-state index is 12.7. The van der Waals surface area contributed by atoms with Crippen molar-refractivity contribution in [1.82, 2.24) is 21.1 Å². The third-order valence-corrected chi connectivity index (χ3v) is 6.80. The molecule has 3 fully saturated rings. The van der Waals surface area contributed by atoms with E-state index in [0.29, 0.717) is 36.0 Å². The second-order valence-corrected chi connectivity index (χ2v) is 9.07. The van der Waals surface area contributed by atoms with Crippen LogP contribution in [0.15, 0.2) is 18.2 Å². The zero-order chi connectivity index (χ0) is 21.1. The molecule has 2 heterocycles. The lowest BCUT2D eigenvalue weighted by atomic mass is 9.99. The normalized spacial score (nSPS) is 25.5. The molecule has 1 saturated carbocycles. The van der Waals surface area contributed by atoms with Gasteiger partial charge in [-0.25, -0.2) is 0 Å². The number of hydrazine groups is 1. The number of nitrogens with zero attached hydrogens (tertiary/aromatic N) is 1. The van der Waals surface area contributed by atoms with Crippen LogP contribution in [0.5, 0.6) is 5.75 Å². The molecule has 2 unspecified atom stereocenters. The minimum absolute atomic E-state index is 0.0140. The van der Waals surface area contributed by atoms with E-state index >= 15 is 0 Å². The van der Waals surface area contributed by atoms with E-state index in [9.17, 15) is 9.59 Å². The van der Waals surface area contributed by atoms with Gasteiger partial charge in [0, 0.05) is 50.1 Å². The van der Waals surface area contributed by atoms with Gasteiger partial charge in [-0.05, 0) is 38.0 Å². The van der Waals surface area contributed by atoms with Gasteiger partial charge in [-0.15, -0.1) is 0 Å². The van der Waals surface area contributed by atoms with Crippen molar-refractivity contribution in [2.45, 2.75) is 63.6 Å². The Morgan fingerprint density at radius 3 is 2.53 bits per heavy atom. The Morgan fingerprint density at radius 1 is 1.17 bits per heavy atom. The Morgan fingerprint density at radius 2 is 1.90 bits per heavy atom. The largest absolute Gasteiger partial charge is 0.489 e. The molecule has 2 saturated heterocycles. The second-order valence-electron chi connectivity index (χ2n) is 8.66. The van der Waals surface area contributed by atoms with Gasteiger partial charge in [-0.2, -0.15) is 0 Å². The highest BCUT2D eigenvalue weighted by Crippen LogP contribution is 2.29. The van der Waals surface area contributed by atoms with Crippen molar-refractivity contribution in [2.75, 3.05) is 19.6 Å². The van der Waals surface area contributed by atoms with Gasteiger partial charge in [0.05, 0.1) is 10.9 Å². The minimum Gasteiger partial charge on any atom is -0.489 e. The molecule has 0 aromatic heterocycles. The lowest BCUT2D eigenvalue weighted by Gasteiger charge is -2.34. The van der Waals surface area contributed by atoms with Crippen LogP contribution in [0.25, 0.3) is 0 Å². The van der Waals surface area contributed by atoms with E-state index in [4.69, 9.17) is 16.3 Å². The van der Waals surface area contributed by atoms with Crippen molar-refractivity contribution in [2.24, 2.45) is 5.92 Å². The SMILES string of the molecule is CC1NNCC1C(=O)N1CCC(Oc2ccc(C(=O)NC3CCCC3)cc2Cl)CC1. The fourth-order valence-electron chi connectivity index (χ4n) is 4.59. The van der Waals surface area contributed by atoms with Gasteiger partial charge < -0.3 is 15.0 Å². The maximum Gasteiger partial charge on any atom is 0.251 e. The molecule has 2 amide bonds. The molecule has 4 rings (SSSR count). The smallest absolute Gasteiger partial charge is 0.251 e.